The SMILES string of the molecule is COc1ccc(C(=O)C2CCN(CCS(=O)c3ccccc3)CC2)cc1. The molecule has 0 saturated carbocycles. The van der Waals surface area contributed by atoms with Crippen LogP contribution in [0.15, 0.2) is 59.5 Å². The Bertz CT molecular complexity index is 738. The third-order valence-electron chi connectivity index (χ3n) is 4.93. The first-order valence-electron chi connectivity index (χ1n) is 9.01. The van der Waals surface area contributed by atoms with Gasteiger partial charge in [0.25, 0.3) is 0 Å². The lowest BCUT2D eigenvalue weighted by molar-refractivity contribution is 0.0845. The highest BCUT2D eigenvalue weighted by Crippen LogP contribution is 2.23. The van der Waals surface area contributed by atoms with E-state index in [4.69, 9.17) is 4.74 Å². The van der Waals surface area contributed by atoms with Gasteiger partial charge < -0.3 is 9.64 Å². The number of rotatable bonds is 7. The molecule has 0 aromatic heterocycles. The van der Waals surface area contributed by atoms with Crippen molar-refractivity contribution in [3.63, 3.8) is 0 Å². The fourth-order valence-corrected chi connectivity index (χ4v) is 4.43. The molecule has 5 heteroatoms. The zero-order chi connectivity index (χ0) is 18.4. The smallest absolute Gasteiger partial charge is 0.166 e. The molecule has 26 heavy (non-hydrogen) atoms. The minimum Gasteiger partial charge on any atom is -0.497 e. The van der Waals surface area contributed by atoms with Crippen LogP contribution >= 0.6 is 0 Å². The summed E-state index contributed by atoms with van der Waals surface area (Å²) >= 11 is 0. The van der Waals surface area contributed by atoms with Gasteiger partial charge in [-0.1, -0.05) is 18.2 Å². The van der Waals surface area contributed by atoms with Crippen molar-refractivity contribution in [3.8, 4) is 5.75 Å². The van der Waals surface area contributed by atoms with Gasteiger partial charge in [-0.2, -0.15) is 0 Å². The highest BCUT2D eigenvalue weighted by Gasteiger charge is 2.25. The Morgan fingerprint density at radius 1 is 1.08 bits per heavy atom. The number of carbonyl (C=O) groups excluding carboxylic acids is 1. The Balaban J connectivity index is 1.46. The van der Waals surface area contributed by atoms with Crippen LogP contribution in [-0.4, -0.2) is 47.4 Å². The molecule has 0 amide bonds. The van der Waals surface area contributed by atoms with E-state index in [1.165, 1.54) is 0 Å². The molecular formula is C21H25NO3S. The molecule has 0 bridgehead atoms. The maximum atomic E-state index is 12.6. The number of nitrogens with zero attached hydrogens (tertiary/aromatic N) is 1. The molecule has 0 radical (unpaired) electrons. The van der Waals surface area contributed by atoms with E-state index >= 15 is 0 Å². The number of piperidine rings is 1. The molecule has 138 valence electrons. The van der Waals surface area contributed by atoms with E-state index in [0.29, 0.717) is 5.75 Å². The maximum absolute atomic E-state index is 12.6. The first-order valence-corrected chi connectivity index (χ1v) is 10.3. The van der Waals surface area contributed by atoms with Crippen molar-refractivity contribution in [1.29, 1.82) is 0 Å². The van der Waals surface area contributed by atoms with Crippen molar-refractivity contribution in [2.24, 2.45) is 5.92 Å². The number of carbonyl (C=O) groups is 1. The predicted octanol–water partition coefficient (Wildman–Crippen LogP) is 3.40. The van der Waals surface area contributed by atoms with Gasteiger partial charge in [0.15, 0.2) is 5.78 Å². The molecule has 1 heterocycles. The third-order valence-corrected chi connectivity index (χ3v) is 6.28. The Kier molecular flexibility index (Phi) is 6.58. The number of hydrogen-bond donors (Lipinski definition) is 0. The molecule has 2 aromatic rings. The molecule has 2 aromatic carbocycles. The van der Waals surface area contributed by atoms with Crippen LogP contribution in [0.1, 0.15) is 23.2 Å². The van der Waals surface area contributed by atoms with Gasteiger partial charge in [-0.25, -0.2) is 0 Å². The van der Waals surface area contributed by atoms with E-state index < -0.39 is 10.8 Å². The summed E-state index contributed by atoms with van der Waals surface area (Å²) in [6.45, 7) is 2.59. The van der Waals surface area contributed by atoms with Gasteiger partial charge in [-0.05, 0) is 62.3 Å². The lowest BCUT2D eigenvalue weighted by Crippen LogP contribution is -2.38. The van der Waals surface area contributed by atoms with Gasteiger partial charge in [-0.3, -0.25) is 9.00 Å². The number of benzene rings is 2. The highest BCUT2D eigenvalue weighted by molar-refractivity contribution is 7.85. The first-order chi connectivity index (χ1) is 12.7. The highest BCUT2D eigenvalue weighted by atomic mass is 32.2. The van der Waals surface area contributed by atoms with Crippen LogP contribution in [0.25, 0.3) is 0 Å². The molecule has 0 spiro atoms. The molecule has 0 aliphatic carbocycles. The van der Waals surface area contributed by atoms with Crippen LogP contribution in [0.5, 0.6) is 5.75 Å². The van der Waals surface area contributed by atoms with Crippen molar-refractivity contribution in [2.45, 2.75) is 17.7 Å². The number of hydrogen-bond acceptors (Lipinski definition) is 4. The quantitative estimate of drug-likeness (QED) is 0.700. The van der Waals surface area contributed by atoms with Crippen LogP contribution in [0.2, 0.25) is 0 Å². The van der Waals surface area contributed by atoms with Crippen LogP contribution in [0.4, 0.5) is 0 Å². The Morgan fingerprint density at radius 3 is 2.35 bits per heavy atom. The summed E-state index contributed by atoms with van der Waals surface area (Å²) in [5.41, 5.74) is 0.759. The predicted molar refractivity (Wildman–Crippen MR) is 104 cm³/mol. The topological polar surface area (TPSA) is 46.6 Å². The second-order valence-electron chi connectivity index (χ2n) is 6.57. The number of Topliss-reactive ketones (excluding diaryl/α,β-unsaturated/α-hetero) is 1. The summed E-state index contributed by atoms with van der Waals surface area (Å²) in [6.07, 6.45) is 1.73. The molecular weight excluding hydrogens is 346 g/mol. The fraction of sp³-hybridized carbons (Fsp3) is 0.381. The normalized spacial score (nSPS) is 17.0. The second-order valence-corrected chi connectivity index (χ2v) is 8.14. The van der Waals surface area contributed by atoms with Gasteiger partial charge in [0.05, 0.1) is 17.9 Å². The minimum absolute atomic E-state index is 0.0827. The van der Waals surface area contributed by atoms with Crippen LogP contribution < -0.4 is 4.74 Å². The van der Waals surface area contributed by atoms with Gasteiger partial charge >= 0.3 is 0 Å². The number of ketones is 1. The van der Waals surface area contributed by atoms with Crippen molar-refractivity contribution in [3.05, 3.63) is 60.2 Å². The molecule has 1 fully saturated rings. The van der Waals surface area contributed by atoms with Crippen molar-refractivity contribution in [2.75, 3.05) is 32.5 Å². The van der Waals surface area contributed by atoms with Crippen LogP contribution in [0.3, 0.4) is 0 Å². The second kappa shape index (κ2) is 9.10. The number of methoxy groups -OCH3 is 1. The molecule has 1 aliphatic heterocycles. The fourth-order valence-electron chi connectivity index (χ4n) is 3.31. The van der Waals surface area contributed by atoms with Crippen molar-refractivity contribution < 1.29 is 13.7 Å². The number of likely N-dealkylation sites (tertiary alicyclic amines) is 1. The average molecular weight is 372 g/mol. The van der Waals surface area contributed by atoms with E-state index in [2.05, 4.69) is 4.90 Å². The molecule has 1 atom stereocenters. The number of ether oxygens (including phenoxy) is 1. The first kappa shape index (κ1) is 18.8. The van der Waals surface area contributed by atoms with Gasteiger partial charge in [-0.15, -0.1) is 0 Å². The lowest BCUT2D eigenvalue weighted by Gasteiger charge is -2.31. The summed E-state index contributed by atoms with van der Waals surface area (Å²) in [6, 6.07) is 17.0. The largest absolute Gasteiger partial charge is 0.497 e. The third kappa shape index (κ3) is 4.80. The summed E-state index contributed by atoms with van der Waals surface area (Å²) < 4.78 is 17.5. The van der Waals surface area contributed by atoms with Crippen molar-refractivity contribution >= 4 is 16.6 Å². The van der Waals surface area contributed by atoms with Crippen molar-refractivity contribution in [1.82, 2.24) is 4.90 Å². The maximum Gasteiger partial charge on any atom is 0.166 e. The van der Waals surface area contributed by atoms with E-state index in [9.17, 15) is 9.00 Å². The molecule has 3 rings (SSSR count). The van der Waals surface area contributed by atoms with Crippen LogP contribution in [0, 0.1) is 5.92 Å². The zero-order valence-corrected chi connectivity index (χ0v) is 15.9. The Labute approximate surface area is 157 Å². The van der Waals surface area contributed by atoms with Gasteiger partial charge in [0.2, 0.25) is 0 Å². The van der Waals surface area contributed by atoms with Crippen LogP contribution in [-0.2, 0) is 10.8 Å². The van der Waals surface area contributed by atoms with E-state index in [1.54, 1.807) is 7.11 Å². The average Bonchev–Trinajstić information content (AvgIpc) is 2.72. The monoisotopic (exact) mass is 371 g/mol. The zero-order valence-electron chi connectivity index (χ0n) is 15.1. The lowest BCUT2D eigenvalue weighted by atomic mass is 9.89. The Morgan fingerprint density at radius 2 is 1.73 bits per heavy atom. The molecule has 0 N–H and O–H groups in total. The van der Waals surface area contributed by atoms with E-state index in [-0.39, 0.29) is 11.7 Å². The summed E-state index contributed by atoms with van der Waals surface area (Å²) in [5.74, 6) is 1.71. The standard InChI is InChI=1S/C21H25NO3S/c1-25-19-9-7-17(8-10-19)21(23)18-11-13-22(14-12-18)15-16-26(24)20-5-3-2-4-6-20/h2-10,18H,11-16H2,1H3. The molecule has 1 unspecified atom stereocenters. The summed E-state index contributed by atoms with van der Waals surface area (Å²) in [7, 11) is 0.666. The molecule has 1 aliphatic rings. The molecule has 4 nitrogen and oxygen atoms in total. The van der Waals surface area contributed by atoms with Gasteiger partial charge in [0.1, 0.15) is 5.75 Å². The summed E-state index contributed by atoms with van der Waals surface area (Å²) in [5, 5.41) is 0. The van der Waals surface area contributed by atoms with Gasteiger partial charge in [0, 0.05) is 28.7 Å². The van der Waals surface area contributed by atoms with E-state index in [0.717, 1.165) is 48.7 Å². The summed E-state index contributed by atoms with van der Waals surface area (Å²) in [4.78, 5) is 15.9. The van der Waals surface area contributed by atoms with E-state index in [1.807, 2.05) is 54.6 Å². The minimum atomic E-state index is -0.956. The Hall–Kier alpha value is -1.98. The molecule has 1 saturated heterocycles.